The van der Waals surface area contributed by atoms with Crippen molar-refractivity contribution in [1.29, 1.82) is 0 Å². The molecule has 2 N–H and O–H groups in total. The fourth-order valence-electron chi connectivity index (χ4n) is 2.01. The number of pyridine rings is 1. The fraction of sp³-hybridized carbons (Fsp3) is 0.438. The molecule has 0 fully saturated rings. The highest BCUT2D eigenvalue weighted by atomic mass is 32.2. The van der Waals surface area contributed by atoms with Crippen LogP contribution in [0.25, 0.3) is 10.9 Å². The first-order chi connectivity index (χ1) is 9.74. The van der Waals surface area contributed by atoms with E-state index in [-0.39, 0.29) is 6.61 Å². The van der Waals surface area contributed by atoms with Gasteiger partial charge in [-0.3, -0.25) is 0 Å². The van der Waals surface area contributed by atoms with E-state index in [1.165, 1.54) is 10.9 Å². The number of fused-ring (bicyclic) bond motifs is 1. The second-order valence-corrected chi connectivity index (χ2v) is 6.05. The number of aromatic nitrogens is 1. The van der Waals surface area contributed by atoms with Crippen molar-refractivity contribution in [2.75, 3.05) is 24.2 Å². The maximum absolute atomic E-state index is 9.07. The van der Waals surface area contributed by atoms with Gasteiger partial charge in [0.05, 0.1) is 5.52 Å². The third-order valence-corrected chi connectivity index (χ3v) is 4.44. The van der Waals surface area contributed by atoms with Crippen molar-refractivity contribution in [1.82, 2.24) is 4.98 Å². The number of hydrogen-bond donors (Lipinski definition) is 2. The minimum Gasteiger partial charge on any atom is -0.396 e. The molecule has 0 saturated heterocycles. The topological polar surface area (TPSA) is 45.2 Å². The van der Waals surface area contributed by atoms with E-state index in [1.54, 1.807) is 0 Å². The molecule has 0 saturated carbocycles. The summed E-state index contributed by atoms with van der Waals surface area (Å²) in [6, 6.07) is 10.4. The number of benzene rings is 1. The van der Waals surface area contributed by atoms with Gasteiger partial charge in [-0.15, -0.1) is 0 Å². The molecule has 0 amide bonds. The van der Waals surface area contributed by atoms with E-state index >= 15 is 0 Å². The van der Waals surface area contributed by atoms with E-state index in [2.05, 4.69) is 31.3 Å². The summed E-state index contributed by atoms with van der Waals surface area (Å²) in [6.07, 6.45) is 0. The second-order valence-electron chi connectivity index (χ2n) is 5.02. The predicted molar refractivity (Wildman–Crippen MR) is 88.3 cm³/mol. The van der Waals surface area contributed by atoms with Crippen molar-refractivity contribution >= 4 is 28.5 Å². The minimum absolute atomic E-state index is 0.253. The molecule has 0 bridgehead atoms. The van der Waals surface area contributed by atoms with Crippen LogP contribution in [0.5, 0.6) is 0 Å². The maximum atomic E-state index is 9.07. The number of thioether (sulfide) groups is 1. The number of anilines is 1. The molecule has 0 spiro atoms. The molecule has 1 atom stereocenters. The molecule has 20 heavy (non-hydrogen) atoms. The van der Waals surface area contributed by atoms with Gasteiger partial charge < -0.3 is 10.4 Å². The third kappa shape index (κ3) is 3.87. The van der Waals surface area contributed by atoms with Crippen molar-refractivity contribution in [3.8, 4) is 0 Å². The van der Waals surface area contributed by atoms with Gasteiger partial charge in [0.1, 0.15) is 5.82 Å². The summed E-state index contributed by atoms with van der Waals surface area (Å²) in [6.45, 7) is 5.28. The first kappa shape index (κ1) is 15.1. The third-order valence-electron chi connectivity index (χ3n) is 3.12. The maximum Gasteiger partial charge on any atom is 0.130 e. The van der Waals surface area contributed by atoms with Crippen molar-refractivity contribution < 1.29 is 5.11 Å². The molecule has 1 unspecified atom stereocenters. The zero-order chi connectivity index (χ0) is 14.4. The Balaban J connectivity index is 2.18. The van der Waals surface area contributed by atoms with Gasteiger partial charge in [0.25, 0.3) is 0 Å². The summed E-state index contributed by atoms with van der Waals surface area (Å²) in [7, 11) is 0. The molecule has 1 heterocycles. The van der Waals surface area contributed by atoms with Gasteiger partial charge >= 0.3 is 0 Å². The van der Waals surface area contributed by atoms with Gasteiger partial charge in [0.2, 0.25) is 0 Å². The van der Waals surface area contributed by atoms with Crippen LogP contribution < -0.4 is 5.32 Å². The summed E-state index contributed by atoms with van der Waals surface area (Å²) in [5.74, 6) is 3.21. The Morgan fingerprint density at radius 3 is 2.90 bits per heavy atom. The summed E-state index contributed by atoms with van der Waals surface area (Å²) >= 11 is 1.85. The van der Waals surface area contributed by atoms with E-state index in [4.69, 9.17) is 10.1 Å². The highest BCUT2D eigenvalue weighted by molar-refractivity contribution is 7.98. The summed E-state index contributed by atoms with van der Waals surface area (Å²) in [5.41, 5.74) is 2.27. The molecule has 4 heteroatoms. The Morgan fingerprint density at radius 2 is 2.15 bits per heavy atom. The molecule has 0 radical (unpaired) electrons. The van der Waals surface area contributed by atoms with Gasteiger partial charge in [-0.2, -0.15) is 11.8 Å². The monoisotopic (exact) mass is 290 g/mol. The van der Waals surface area contributed by atoms with E-state index < -0.39 is 0 Å². The minimum atomic E-state index is 0.253. The van der Waals surface area contributed by atoms with Crippen molar-refractivity contribution in [2.45, 2.75) is 19.6 Å². The average molecular weight is 290 g/mol. The van der Waals surface area contributed by atoms with Crippen LogP contribution in [0.1, 0.15) is 19.4 Å². The molecule has 1 aromatic carbocycles. The zero-order valence-corrected chi connectivity index (χ0v) is 12.9. The Morgan fingerprint density at radius 1 is 1.35 bits per heavy atom. The molecular weight excluding hydrogens is 268 g/mol. The predicted octanol–water partition coefficient (Wildman–Crippen LogP) is 3.53. The zero-order valence-electron chi connectivity index (χ0n) is 12.1. The molecule has 108 valence electrons. The Kier molecular flexibility index (Phi) is 5.68. The van der Waals surface area contributed by atoms with Crippen molar-refractivity contribution in [3.63, 3.8) is 0 Å². The number of nitrogens with one attached hydrogen (secondary N) is 1. The van der Waals surface area contributed by atoms with Crippen LogP contribution in [0.3, 0.4) is 0 Å². The summed E-state index contributed by atoms with van der Waals surface area (Å²) in [5, 5.41) is 13.6. The molecular formula is C16H22N2OS. The van der Waals surface area contributed by atoms with E-state index in [1.807, 2.05) is 30.0 Å². The SMILES string of the molecule is CCNc1nc2ccccc2cc1CSCC(C)CO. The van der Waals surface area contributed by atoms with Crippen LogP contribution in [-0.2, 0) is 5.75 Å². The molecule has 0 aliphatic carbocycles. The van der Waals surface area contributed by atoms with Gasteiger partial charge in [-0.05, 0) is 30.7 Å². The summed E-state index contributed by atoms with van der Waals surface area (Å²) < 4.78 is 0. The normalized spacial score (nSPS) is 12.6. The standard InChI is InChI=1S/C16H22N2OS/c1-3-17-16-14(11-20-10-12(2)9-19)8-13-6-4-5-7-15(13)18-16/h4-8,12,19H,3,9-11H2,1-2H3,(H,17,18). The Labute approximate surface area is 124 Å². The lowest BCUT2D eigenvalue weighted by Crippen LogP contribution is -2.06. The number of hydrogen-bond acceptors (Lipinski definition) is 4. The first-order valence-electron chi connectivity index (χ1n) is 7.05. The molecule has 0 aliphatic heterocycles. The number of rotatable bonds is 7. The summed E-state index contributed by atoms with van der Waals surface area (Å²) in [4.78, 5) is 4.71. The lowest BCUT2D eigenvalue weighted by molar-refractivity contribution is 0.250. The second kappa shape index (κ2) is 7.50. The van der Waals surface area contributed by atoms with Crippen LogP contribution in [0.4, 0.5) is 5.82 Å². The molecule has 2 aromatic rings. The van der Waals surface area contributed by atoms with Crippen LogP contribution in [0.15, 0.2) is 30.3 Å². The molecule has 2 rings (SSSR count). The van der Waals surface area contributed by atoms with Gasteiger partial charge in [-0.25, -0.2) is 4.98 Å². The number of aliphatic hydroxyl groups excluding tert-OH is 1. The lowest BCUT2D eigenvalue weighted by Gasteiger charge is -2.12. The average Bonchev–Trinajstić information content (AvgIpc) is 2.47. The molecule has 3 nitrogen and oxygen atoms in total. The number of para-hydroxylation sites is 1. The van der Waals surface area contributed by atoms with Crippen LogP contribution in [0.2, 0.25) is 0 Å². The van der Waals surface area contributed by atoms with Crippen LogP contribution >= 0.6 is 11.8 Å². The number of nitrogens with zero attached hydrogens (tertiary/aromatic N) is 1. The van der Waals surface area contributed by atoms with Gasteiger partial charge in [0.15, 0.2) is 0 Å². The van der Waals surface area contributed by atoms with Crippen molar-refractivity contribution in [2.24, 2.45) is 5.92 Å². The van der Waals surface area contributed by atoms with Gasteiger partial charge in [-0.1, -0.05) is 25.1 Å². The van der Waals surface area contributed by atoms with E-state index in [9.17, 15) is 0 Å². The highest BCUT2D eigenvalue weighted by Crippen LogP contribution is 2.25. The Bertz CT molecular complexity index is 559. The lowest BCUT2D eigenvalue weighted by atomic mass is 10.1. The highest BCUT2D eigenvalue weighted by Gasteiger charge is 2.07. The first-order valence-corrected chi connectivity index (χ1v) is 8.21. The quantitative estimate of drug-likeness (QED) is 0.819. The van der Waals surface area contributed by atoms with E-state index in [0.717, 1.165) is 29.4 Å². The van der Waals surface area contributed by atoms with Crippen molar-refractivity contribution in [3.05, 3.63) is 35.9 Å². The molecule has 0 aliphatic rings. The van der Waals surface area contributed by atoms with Crippen LogP contribution in [-0.4, -0.2) is 29.0 Å². The fourth-order valence-corrected chi connectivity index (χ4v) is 3.08. The smallest absolute Gasteiger partial charge is 0.130 e. The van der Waals surface area contributed by atoms with Gasteiger partial charge in [0, 0.05) is 29.9 Å². The number of aliphatic hydroxyl groups is 1. The molecule has 1 aromatic heterocycles. The van der Waals surface area contributed by atoms with Crippen LogP contribution in [0, 0.1) is 5.92 Å². The van der Waals surface area contributed by atoms with E-state index in [0.29, 0.717) is 5.92 Å². The largest absolute Gasteiger partial charge is 0.396 e. The Hall–Kier alpha value is -1.26.